The molecule has 0 aromatic heterocycles. The van der Waals surface area contributed by atoms with Crippen LogP contribution in [0.5, 0.6) is 5.75 Å². The summed E-state index contributed by atoms with van der Waals surface area (Å²) in [6.07, 6.45) is 0. The first kappa shape index (κ1) is 11.7. The molecule has 0 aliphatic carbocycles. The topological polar surface area (TPSA) is 35.5 Å². The predicted molar refractivity (Wildman–Crippen MR) is 58.3 cm³/mol. The lowest BCUT2D eigenvalue weighted by Gasteiger charge is -2.09. The van der Waals surface area contributed by atoms with Crippen LogP contribution in [0.4, 0.5) is 0 Å². The molecular formula is C12H16O3. The van der Waals surface area contributed by atoms with Gasteiger partial charge in [0.15, 0.2) is 5.78 Å². The monoisotopic (exact) mass is 208 g/mol. The average molecular weight is 208 g/mol. The molecular weight excluding hydrogens is 192 g/mol. The fraction of sp³-hybridized carbons (Fsp3) is 0.417. The Labute approximate surface area is 90.0 Å². The summed E-state index contributed by atoms with van der Waals surface area (Å²) >= 11 is 0. The highest BCUT2D eigenvalue weighted by Crippen LogP contribution is 2.20. The number of rotatable bonds is 5. The van der Waals surface area contributed by atoms with Gasteiger partial charge in [-0.1, -0.05) is 12.1 Å². The fourth-order valence-electron chi connectivity index (χ4n) is 1.24. The van der Waals surface area contributed by atoms with Gasteiger partial charge in [-0.2, -0.15) is 0 Å². The van der Waals surface area contributed by atoms with E-state index in [-0.39, 0.29) is 19.0 Å². The number of carbonyl (C=O) groups is 1. The zero-order chi connectivity index (χ0) is 11.3. The van der Waals surface area contributed by atoms with E-state index in [9.17, 15) is 4.79 Å². The number of hydrogen-bond donors (Lipinski definition) is 0. The molecule has 0 unspecified atom stereocenters. The molecule has 0 fully saturated rings. The van der Waals surface area contributed by atoms with E-state index in [4.69, 9.17) is 9.47 Å². The summed E-state index contributed by atoms with van der Waals surface area (Å²) in [6.45, 7) is 4.16. The number of methoxy groups -OCH3 is 1. The minimum absolute atomic E-state index is 0.0570. The van der Waals surface area contributed by atoms with Gasteiger partial charge in [0.1, 0.15) is 19.0 Å². The Kier molecular flexibility index (Phi) is 4.31. The molecule has 1 aromatic rings. The Morgan fingerprint density at radius 1 is 1.27 bits per heavy atom. The van der Waals surface area contributed by atoms with Crippen molar-refractivity contribution in [2.45, 2.75) is 13.8 Å². The van der Waals surface area contributed by atoms with Crippen molar-refractivity contribution in [3.8, 4) is 5.75 Å². The maximum Gasteiger partial charge on any atom is 0.195 e. The standard InChI is InChI=1S/C12H16O3/c1-9-5-4-6-12(10(9)2)15-8-11(13)7-14-3/h4-6H,7-8H2,1-3H3. The van der Waals surface area contributed by atoms with Crippen LogP contribution in [0, 0.1) is 13.8 Å². The summed E-state index contributed by atoms with van der Waals surface area (Å²) in [7, 11) is 1.50. The molecule has 15 heavy (non-hydrogen) atoms. The van der Waals surface area contributed by atoms with Crippen LogP contribution in [0.15, 0.2) is 18.2 Å². The molecule has 0 spiro atoms. The first-order valence-electron chi connectivity index (χ1n) is 4.84. The van der Waals surface area contributed by atoms with Gasteiger partial charge < -0.3 is 9.47 Å². The van der Waals surface area contributed by atoms with Crippen LogP contribution in [-0.2, 0) is 9.53 Å². The first-order valence-corrected chi connectivity index (χ1v) is 4.84. The lowest BCUT2D eigenvalue weighted by molar-refractivity contribution is -0.124. The Morgan fingerprint density at radius 3 is 2.67 bits per heavy atom. The molecule has 0 aliphatic heterocycles. The maximum atomic E-state index is 11.2. The third-order valence-electron chi connectivity index (χ3n) is 2.25. The zero-order valence-corrected chi connectivity index (χ0v) is 9.37. The van der Waals surface area contributed by atoms with E-state index in [1.54, 1.807) is 0 Å². The van der Waals surface area contributed by atoms with Crippen LogP contribution in [0.3, 0.4) is 0 Å². The molecule has 0 radical (unpaired) electrons. The summed E-state index contributed by atoms with van der Waals surface area (Å²) in [6, 6.07) is 5.79. The predicted octanol–water partition coefficient (Wildman–Crippen LogP) is 1.90. The van der Waals surface area contributed by atoms with Crippen LogP contribution in [0.25, 0.3) is 0 Å². The molecule has 1 rings (SSSR count). The average Bonchev–Trinajstić information content (AvgIpc) is 2.21. The van der Waals surface area contributed by atoms with E-state index in [1.165, 1.54) is 7.11 Å². The van der Waals surface area contributed by atoms with Gasteiger partial charge >= 0.3 is 0 Å². The summed E-state index contributed by atoms with van der Waals surface area (Å²) in [5, 5.41) is 0. The second-order valence-electron chi connectivity index (χ2n) is 3.46. The van der Waals surface area contributed by atoms with E-state index >= 15 is 0 Å². The number of aryl methyl sites for hydroxylation is 1. The van der Waals surface area contributed by atoms with E-state index < -0.39 is 0 Å². The van der Waals surface area contributed by atoms with Crippen LogP contribution in [0.2, 0.25) is 0 Å². The van der Waals surface area contributed by atoms with E-state index in [2.05, 4.69) is 0 Å². The largest absolute Gasteiger partial charge is 0.485 e. The molecule has 3 nitrogen and oxygen atoms in total. The van der Waals surface area contributed by atoms with Crippen LogP contribution in [-0.4, -0.2) is 26.1 Å². The molecule has 0 amide bonds. The van der Waals surface area contributed by atoms with Gasteiger partial charge in [-0.25, -0.2) is 0 Å². The minimum atomic E-state index is -0.0570. The van der Waals surface area contributed by atoms with Crippen LogP contribution in [0.1, 0.15) is 11.1 Å². The Morgan fingerprint density at radius 2 is 2.00 bits per heavy atom. The molecule has 3 heteroatoms. The molecule has 0 saturated heterocycles. The van der Waals surface area contributed by atoms with Crippen molar-refractivity contribution >= 4 is 5.78 Å². The number of carbonyl (C=O) groups excluding carboxylic acids is 1. The normalized spacial score (nSPS) is 10.1. The van der Waals surface area contributed by atoms with Gasteiger partial charge in [0.2, 0.25) is 0 Å². The highest BCUT2D eigenvalue weighted by molar-refractivity contribution is 5.81. The van der Waals surface area contributed by atoms with Crippen molar-refractivity contribution in [2.24, 2.45) is 0 Å². The van der Waals surface area contributed by atoms with Gasteiger partial charge in [-0.3, -0.25) is 4.79 Å². The summed E-state index contributed by atoms with van der Waals surface area (Å²) in [5.41, 5.74) is 2.23. The van der Waals surface area contributed by atoms with Crippen molar-refractivity contribution < 1.29 is 14.3 Å². The van der Waals surface area contributed by atoms with Crippen LogP contribution >= 0.6 is 0 Å². The van der Waals surface area contributed by atoms with Crippen molar-refractivity contribution in [3.63, 3.8) is 0 Å². The van der Waals surface area contributed by atoms with Crippen molar-refractivity contribution in [3.05, 3.63) is 29.3 Å². The number of ketones is 1. The zero-order valence-electron chi connectivity index (χ0n) is 9.37. The molecule has 82 valence electrons. The highest BCUT2D eigenvalue weighted by atomic mass is 16.5. The molecule has 0 N–H and O–H groups in total. The Hall–Kier alpha value is -1.35. The van der Waals surface area contributed by atoms with E-state index in [0.717, 1.165) is 16.9 Å². The molecule has 0 saturated carbocycles. The van der Waals surface area contributed by atoms with Gasteiger partial charge in [-0.05, 0) is 31.0 Å². The molecule has 0 aliphatic rings. The van der Waals surface area contributed by atoms with Crippen molar-refractivity contribution in [2.75, 3.05) is 20.3 Å². The first-order chi connectivity index (χ1) is 7.15. The third-order valence-corrected chi connectivity index (χ3v) is 2.25. The van der Waals surface area contributed by atoms with E-state index in [0.29, 0.717) is 0 Å². The van der Waals surface area contributed by atoms with E-state index in [1.807, 2.05) is 32.0 Å². The highest BCUT2D eigenvalue weighted by Gasteiger charge is 2.05. The molecule has 1 aromatic carbocycles. The maximum absolute atomic E-state index is 11.2. The van der Waals surface area contributed by atoms with Gasteiger partial charge in [0, 0.05) is 7.11 Å². The second kappa shape index (κ2) is 5.51. The molecule has 0 heterocycles. The number of ether oxygens (including phenoxy) is 2. The number of Topliss-reactive ketones (excluding diaryl/α,β-unsaturated/α-hetero) is 1. The van der Waals surface area contributed by atoms with Gasteiger partial charge in [-0.15, -0.1) is 0 Å². The smallest absolute Gasteiger partial charge is 0.195 e. The fourth-order valence-corrected chi connectivity index (χ4v) is 1.24. The van der Waals surface area contributed by atoms with Gasteiger partial charge in [0.05, 0.1) is 0 Å². The van der Waals surface area contributed by atoms with Crippen molar-refractivity contribution in [1.29, 1.82) is 0 Å². The van der Waals surface area contributed by atoms with Crippen LogP contribution < -0.4 is 4.74 Å². The Bertz CT molecular complexity index is 345. The lowest BCUT2D eigenvalue weighted by atomic mass is 10.1. The summed E-state index contributed by atoms with van der Waals surface area (Å²) in [5.74, 6) is 0.706. The molecule has 0 atom stereocenters. The number of hydrogen-bond acceptors (Lipinski definition) is 3. The quantitative estimate of drug-likeness (QED) is 0.741. The SMILES string of the molecule is COCC(=O)COc1cccc(C)c1C. The second-order valence-corrected chi connectivity index (χ2v) is 3.46. The lowest BCUT2D eigenvalue weighted by Crippen LogP contribution is -2.16. The van der Waals surface area contributed by atoms with Gasteiger partial charge in [0.25, 0.3) is 0 Å². The number of benzene rings is 1. The summed E-state index contributed by atoms with van der Waals surface area (Å²) in [4.78, 5) is 11.2. The summed E-state index contributed by atoms with van der Waals surface area (Å²) < 4.78 is 10.1. The minimum Gasteiger partial charge on any atom is -0.485 e. The third kappa shape index (κ3) is 3.36. The Balaban J connectivity index is 2.58. The molecule has 0 bridgehead atoms. The van der Waals surface area contributed by atoms with Crippen molar-refractivity contribution in [1.82, 2.24) is 0 Å².